The Morgan fingerprint density at radius 1 is 1.23 bits per heavy atom. The Morgan fingerprint density at radius 3 is 2.60 bits per heavy atom. The Morgan fingerprint density at radius 2 is 1.93 bits per heavy atom. The van der Waals surface area contributed by atoms with Gasteiger partial charge in [0.05, 0.1) is 11.8 Å². The van der Waals surface area contributed by atoms with Crippen molar-refractivity contribution in [1.82, 2.24) is 5.43 Å². The second-order valence-corrected chi connectivity index (χ2v) is 8.90. The number of carbonyl (C=O) groups excluding carboxylic acids is 1. The molecule has 2 aromatic rings. The first-order chi connectivity index (χ1) is 14.2. The van der Waals surface area contributed by atoms with Gasteiger partial charge in [-0.25, -0.2) is 5.43 Å². The lowest BCUT2D eigenvalue weighted by molar-refractivity contribution is -0.123. The van der Waals surface area contributed by atoms with E-state index in [1.807, 2.05) is 12.1 Å². The topological polar surface area (TPSA) is 53.9 Å². The van der Waals surface area contributed by atoms with E-state index in [2.05, 4.69) is 84.2 Å². The summed E-state index contributed by atoms with van der Waals surface area (Å²) in [7, 11) is 0. The maximum atomic E-state index is 12.0. The van der Waals surface area contributed by atoms with E-state index in [4.69, 9.17) is 4.74 Å². The smallest absolute Gasteiger partial charge is 0.277 e. The highest BCUT2D eigenvalue weighted by Crippen LogP contribution is 2.39. The first kappa shape index (κ1) is 22.1. The number of halogens is 1. The summed E-state index contributed by atoms with van der Waals surface area (Å²) in [5.41, 5.74) is 8.30. The fourth-order valence-electron chi connectivity index (χ4n) is 3.85. The van der Waals surface area contributed by atoms with Crippen LogP contribution in [0.1, 0.15) is 44.4 Å². The van der Waals surface area contributed by atoms with Crippen molar-refractivity contribution in [3.8, 4) is 5.75 Å². The fraction of sp³-hybridized carbons (Fsp3) is 0.333. The van der Waals surface area contributed by atoms with Crippen molar-refractivity contribution >= 4 is 39.3 Å². The number of allylic oxidation sites excluding steroid dienone is 1. The van der Waals surface area contributed by atoms with E-state index in [1.54, 1.807) is 18.3 Å². The van der Waals surface area contributed by atoms with E-state index in [9.17, 15) is 4.79 Å². The van der Waals surface area contributed by atoms with Crippen LogP contribution in [0.15, 0.2) is 52.0 Å². The summed E-state index contributed by atoms with van der Waals surface area (Å²) in [6, 6.07) is 11.7. The van der Waals surface area contributed by atoms with Gasteiger partial charge in [0.1, 0.15) is 5.75 Å². The average Bonchev–Trinajstić information content (AvgIpc) is 2.68. The molecule has 0 radical (unpaired) electrons. The molecule has 0 bridgehead atoms. The number of ether oxygens (including phenoxy) is 1. The lowest BCUT2D eigenvalue weighted by Gasteiger charge is -2.43. The van der Waals surface area contributed by atoms with Crippen molar-refractivity contribution in [3.05, 3.63) is 63.6 Å². The van der Waals surface area contributed by atoms with Gasteiger partial charge in [-0.1, -0.05) is 22.0 Å². The molecule has 0 saturated heterocycles. The highest BCUT2D eigenvalue weighted by Gasteiger charge is 2.30. The van der Waals surface area contributed by atoms with Crippen LogP contribution >= 0.6 is 15.9 Å². The lowest BCUT2D eigenvalue weighted by atomic mass is 9.87. The van der Waals surface area contributed by atoms with Crippen LogP contribution in [0.3, 0.4) is 0 Å². The predicted octanol–water partition coefficient (Wildman–Crippen LogP) is 5.31. The van der Waals surface area contributed by atoms with E-state index >= 15 is 0 Å². The van der Waals surface area contributed by atoms with E-state index < -0.39 is 0 Å². The molecule has 0 aromatic heterocycles. The molecule has 1 aliphatic rings. The zero-order valence-electron chi connectivity index (χ0n) is 18.1. The molecule has 0 saturated carbocycles. The molecule has 30 heavy (non-hydrogen) atoms. The molecule has 158 valence electrons. The molecule has 0 atom stereocenters. The number of carbonyl (C=O) groups is 1. The van der Waals surface area contributed by atoms with Gasteiger partial charge in [-0.3, -0.25) is 4.79 Å². The zero-order valence-corrected chi connectivity index (χ0v) is 19.7. The molecule has 0 unspecified atom stereocenters. The summed E-state index contributed by atoms with van der Waals surface area (Å²) in [5, 5.41) is 4.13. The molecule has 0 spiro atoms. The molecule has 1 heterocycles. The standard InChI is InChI=1S/C24H28BrN3O2/c1-6-28-22-11-16(2)18(12-21(22)17(3)13-24(28,4)5)14-26-27-23(29)15-30-20-9-7-19(25)8-10-20/h7-14H,6,15H2,1-5H3,(H,27,29)/b26-14-. The quantitative estimate of drug-likeness (QED) is 0.460. The number of nitrogens with zero attached hydrogens (tertiary/aromatic N) is 2. The average molecular weight is 470 g/mol. The molecule has 1 aliphatic heterocycles. The van der Waals surface area contributed by atoms with Crippen LogP contribution in [0.25, 0.3) is 5.57 Å². The number of likely N-dealkylation sites (N-methyl/N-ethyl adjacent to an activating group) is 1. The van der Waals surface area contributed by atoms with Gasteiger partial charge in [-0.2, -0.15) is 5.10 Å². The van der Waals surface area contributed by atoms with E-state index in [-0.39, 0.29) is 18.1 Å². The Hall–Kier alpha value is -2.60. The Kier molecular flexibility index (Phi) is 6.66. The van der Waals surface area contributed by atoms with Crippen molar-refractivity contribution in [1.29, 1.82) is 0 Å². The third kappa shape index (κ3) is 4.93. The summed E-state index contributed by atoms with van der Waals surface area (Å²) in [6.07, 6.45) is 3.99. The van der Waals surface area contributed by atoms with Gasteiger partial charge in [0, 0.05) is 22.3 Å². The van der Waals surface area contributed by atoms with E-state index in [0.717, 1.165) is 22.1 Å². The lowest BCUT2D eigenvalue weighted by Crippen LogP contribution is -2.45. The summed E-state index contributed by atoms with van der Waals surface area (Å²) in [4.78, 5) is 14.4. The van der Waals surface area contributed by atoms with E-state index in [1.165, 1.54) is 16.8 Å². The Balaban J connectivity index is 1.68. The normalized spacial score (nSPS) is 15.0. The summed E-state index contributed by atoms with van der Waals surface area (Å²) in [6.45, 7) is 11.7. The third-order valence-corrected chi connectivity index (χ3v) is 5.79. The van der Waals surface area contributed by atoms with Crippen LogP contribution in [-0.4, -0.2) is 30.8 Å². The summed E-state index contributed by atoms with van der Waals surface area (Å²) < 4.78 is 6.42. The molecular formula is C24H28BrN3O2. The highest BCUT2D eigenvalue weighted by molar-refractivity contribution is 9.10. The minimum Gasteiger partial charge on any atom is -0.484 e. The van der Waals surface area contributed by atoms with Gasteiger partial charge >= 0.3 is 0 Å². The number of benzene rings is 2. The van der Waals surface area contributed by atoms with Gasteiger partial charge in [0.2, 0.25) is 0 Å². The Bertz CT molecular complexity index is 994. The van der Waals surface area contributed by atoms with Crippen molar-refractivity contribution in [2.45, 2.75) is 40.2 Å². The third-order valence-electron chi connectivity index (χ3n) is 5.26. The molecule has 6 heteroatoms. The minimum atomic E-state index is -0.306. The second-order valence-electron chi connectivity index (χ2n) is 7.99. The SMILES string of the molecule is CCN1c2cc(C)c(/C=N\NC(=O)COc3ccc(Br)cc3)cc2C(C)=CC1(C)C. The first-order valence-corrected chi connectivity index (χ1v) is 10.8. The molecular weight excluding hydrogens is 442 g/mol. The van der Waals surface area contributed by atoms with Crippen molar-refractivity contribution in [2.75, 3.05) is 18.1 Å². The number of hydrazone groups is 1. The summed E-state index contributed by atoms with van der Waals surface area (Å²) in [5.74, 6) is 0.327. The number of anilines is 1. The van der Waals surface area contributed by atoms with Gasteiger partial charge in [-0.15, -0.1) is 0 Å². The van der Waals surface area contributed by atoms with Crippen molar-refractivity contribution in [2.24, 2.45) is 5.10 Å². The van der Waals surface area contributed by atoms with Crippen LogP contribution in [0.2, 0.25) is 0 Å². The van der Waals surface area contributed by atoms with Gasteiger partial charge < -0.3 is 9.64 Å². The van der Waals surface area contributed by atoms with E-state index in [0.29, 0.717) is 5.75 Å². The number of amides is 1. The number of hydrogen-bond donors (Lipinski definition) is 1. The minimum absolute atomic E-state index is 0.0172. The molecule has 0 aliphatic carbocycles. The van der Waals surface area contributed by atoms with Crippen LogP contribution in [-0.2, 0) is 4.79 Å². The predicted molar refractivity (Wildman–Crippen MR) is 127 cm³/mol. The number of hydrogen-bond acceptors (Lipinski definition) is 4. The number of rotatable bonds is 6. The number of fused-ring (bicyclic) bond motifs is 1. The van der Waals surface area contributed by atoms with Crippen molar-refractivity contribution < 1.29 is 9.53 Å². The maximum absolute atomic E-state index is 12.0. The molecule has 1 amide bonds. The molecule has 0 fully saturated rings. The first-order valence-electron chi connectivity index (χ1n) is 10.0. The Labute approximate surface area is 186 Å². The largest absolute Gasteiger partial charge is 0.484 e. The van der Waals surface area contributed by atoms with Gasteiger partial charge in [0.25, 0.3) is 5.91 Å². The molecule has 3 rings (SSSR count). The molecule has 2 aromatic carbocycles. The van der Waals surface area contributed by atoms with Crippen LogP contribution in [0.5, 0.6) is 5.75 Å². The second kappa shape index (κ2) is 9.04. The van der Waals surface area contributed by atoms with Crippen molar-refractivity contribution in [3.63, 3.8) is 0 Å². The molecule has 5 nitrogen and oxygen atoms in total. The highest BCUT2D eigenvalue weighted by atomic mass is 79.9. The maximum Gasteiger partial charge on any atom is 0.277 e. The summed E-state index contributed by atoms with van der Waals surface area (Å²) >= 11 is 3.37. The monoisotopic (exact) mass is 469 g/mol. The molecule has 1 N–H and O–H groups in total. The fourth-order valence-corrected chi connectivity index (χ4v) is 4.11. The zero-order chi connectivity index (χ0) is 21.9. The number of nitrogens with one attached hydrogen (secondary N) is 1. The number of aryl methyl sites for hydroxylation is 1. The van der Waals surface area contributed by atoms with Crippen LogP contribution in [0.4, 0.5) is 5.69 Å². The van der Waals surface area contributed by atoms with Gasteiger partial charge in [0.15, 0.2) is 6.61 Å². The van der Waals surface area contributed by atoms with Crippen LogP contribution in [0, 0.1) is 6.92 Å². The van der Waals surface area contributed by atoms with Gasteiger partial charge in [-0.05, 0) is 87.7 Å². The van der Waals surface area contributed by atoms with Crippen LogP contribution < -0.4 is 15.1 Å².